The van der Waals surface area contributed by atoms with Crippen LogP contribution in [0.3, 0.4) is 0 Å². The number of aromatic nitrogens is 1. The Morgan fingerprint density at radius 3 is 3.05 bits per heavy atom. The molecule has 0 radical (unpaired) electrons. The van der Waals surface area contributed by atoms with Crippen molar-refractivity contribution in [3.05, 3.63) is 24.0 Å². The zero-order valence-electron chi connectivity index (χ0n) is 11.8. The summed E-state index contributed by atoms with van der Waals surface area (Å²) in [5.41, 5.74) is 0.380. The lowest BCUT2D eigenvalue weighted by molar-refractivity contribution is -0.121. The van der Waals surface area contributed by atoms with Gasteiger partial charge in [0.2, 0.25) is 5.91 Å². The van der Waals surface area contributed by atoms with Crippen molar-refractivity contribution in [2.45, 2.75) is 12.8 Å². The van der Waals surface area contributed by atoms with Crippen LogP contribution in [0.2, 0.25) is 0 Å². The van der Waals surface area contributed by atoms with Crippen LogP contribution in [0.1, 0.15) is 23.3 Å². The fourth-order valence-electron chi connectivity index (χ4n) is 2.37. The van der Waals surface area contributed by atoms with E-state index in [0.717, 1.165) is 6.42 Å². The summed E-state index contributed by atoms with van der Waals surface area (Å²) in [5, 5.41) is 2.61. The number of carbonyl (C=O) groups is 2. The minimum absolute atomic E-state index is 0.0174. The van der Waals surface area contributed by atoms with Gasteiger partial charge >= 0.3 is 0 Å². The molecular weight excluding hydrogens is 258 g/mol. The molecule has 1 aliphatic rings. The van der Waals surface area contributed by atoms with Crippen LogP contribution in [-0.4, -0.2) is 48.9 Å². The topological polar surface area (TPSA) is 71.5 Å². The molecule has 0 aliphatic carbocycles. The van der Waals surface area contributed by atoms with Crippen LogP contribution >= 0.6 is 0 Å². The average Bonchev–Trinajstić information content (AvgIpc) is 2.94. The second-order valence-corrected chi connectivity index (χ2v) is 4.86. The Hall–Kier alpha value is -2.11. The van der Waals surface area contributed by atoms with Gasteiger partial charge in [-0.25, -0.2) is 0 Å². The zero-order valence-corrected chi connectivity index (χ0v) is 11.8. The molecule has 1 aromatic heterocycles. The van der Waals surface area contributed by atoms with Gasteiger partial charge in [-0.05, 0) is 18.4 Å². The van der Waals surface area contributed by atoms with E-state index in [1.165, 1.54) is 0 Å². The van der Waals surface area contributed by atoms with Gasteiger partial charge in [0.05, 0.1) is 7.11 Å². The van der Waals surface area contributed by atoms with Crippen LogP contribution in [0.25, 0.3) is 0 Å². The first-order chi connectivity index (χ1) is 9.63. The molecule has 0 aromatic carbocycles. The fraction of sp³-hybridized carbons (Fsp3) is 0.500. The highest BCUT2D eigenvalue weighted by atomic mass is 16.5. The number of methoxy groups -OCH3 is 1. The summed E-state index contributed by atoms with van der Waals surface area (Å²) in [4.78, 5) is 29.5. The molecule has 1 unspecified atom stereocenters. The minimum atomic E-state index is -0.108. The number of amides is 2. The van der Waals surface area contributed by atoms with Gasteiger partial charge < -0.3 is 15.0 Å². The third-order valence-electron chi connectivity index (χ3n) is 3.51. The SMILES string of the molecule is CNC(=O)CC1CCN(C(=O)c2cc(OC)ccn2)C1. The Bertz CT molecular complexity index is 504. The maximum atomic E-state index is 12.3. The summed E-state index contributed by atoms with van der Waals surface area (Å²) in [6, 6.07) is 3.34. The Kier molecular flexibility index (Phi) is 4.55. The van der Waals surface area contributed by atoms with E-state index in [9.17, 15) is 9.59 Å². The maximum Gasteiger partial charge on any atom is 0.272 e. The molecular formula is C14H19N3O3. The average molecular weight is 277 g/mol. The molecule has 0 saturated carbocycles. The molecule has 0 spiro atoms. The largest absolute Gasteiger partial charge is 0.497 e. The number of hydrogen-bond acceptors (Lipinski definition) is 4. The van der Waals surface area contributed by atoms with Crippen molar-refractivity contribution in [2.75, 3.05) is 27.2 Å². The molecule has 6 heteroatoms. The lowest BCUT2D eigenvalue weighted by Crippen LogP contribution is -2.30. The Morgan fingerprint density at radius 2 is 2.35 bits per heavy atom. The molecule has 1 atom stereocenters. The first-order valence-corrected chi connectivity index (χ1v) is 6.64. The van der Waals surface area contributed by atoms with Crippen LogP contribution in [0.4, 0.5) is 0 Å². The summed E-state index contributed by atoms with van der Waals surface area (Å²) in [6.07, 6.45) is 2.87. The van der Waals surface area contributed by atoms with E-state index in [-0.39, 0.29) is 17.7 Å². The van der Waals surface area contributed by atoms with Gasteiger partial charge in [0.15, 0.2) is 0 Å². The van der Waals surface area contributed by atoms with Gasteiger partial charge in [-0.15, -0.1) is 0 Å². The number of nitrogens with one attached hydrogen (secondary N) is 1. The highest BCUT2D eigenvalue weighted by Crippen LogP contribution is 2.21. The lowest BCUT2D eigenvalue weighted by Gasteiger charge is -2.16. The van der Waals surface area contributed by atoms with Crippen molar-refractivity contribution in [2.24, 2.45) is 5.92 Å². The van der Waals surface area contributed by atoms with Crippen molar-refractivity contribution in [1.29, 1.82) is 0 Å². The predicted octanol–water partition coefficient (Wildman–Crippen LogP) is 0.688. The number of carbonyl (C=O) groups excluding carboxylic acids is 2. The number of pyridine rings is 1. The van der Waals surface area contributed by atoms with Crippen LogP contribution in [0, 0.1) is 5.92 Å². The van der Waals surface area contributed by atoms with E-state index in [2.05, 4.69) is 10.3 Å². The van der Waals surface area contributed by atoms with E-state index in [4.69, 9.17) is 4.74 Å². The van der Waals surface area contributed by atoms with E-state index in [0.29, 0.717) is 31.0 Å². The molecule has 1 N–H and O–H groups in total. The van der Waals surface area contributed by atoms with Gasteiger partial charge in [0.25, 0.3) is 5.91 Å². The van der Waals surface area contributed by atoms with Crippen molar-refractivity contribution in [1.82, 2.24) is 15.2 Å². The summed E-state index contributed by atoms with van der Waals surface area (Å²) in [7, 11) is 3.18. The highest BCUT2D eigenvalue weighted by Gasteiger charge is 2.28. The maximum absolute atomic E-state index is 12.3. The second-order valence-electron chi connectivity index (χ2n) is 4.86. The number of likely N-dealkylation sites (tertiary alicyclic amines) is 1. The van der Waals surface area contributed by atoms with Crippen LogP contribution in [-0.2, 0) is 4.79 Å². The third kappa shape index (κ3) is 3.26. The van der Waals surface area contributed by atoms with Crippen molar-refractivity contribution in [3.63, 3.8) is 0 Å². The molecule has 2 heterocycles. The smallest absolute Gasteiger partial charge is 0.272 e. The molecule has 2 rings (SSSR count). The van der Waals surface area contributed by atoms with Gasteiger partial charge in [-0.1, -0.05) is 0 Å². The monoisotopic (exact) mass is 277 g/mol. The predicted molar refractivity (Wildman–Crippen MR) is 73.5 cm³/mol. The zero-order chi connectivity index (χ0) is 14.5. The van der Waals surface area contributed by atoms with Crippen molar-refractivity contribution < 1.29 is 14.3 Å². The number of hydrogen-bond donors (Lipinski definition) is 1. The molecule has 1 fully saturated rings. The Morgan fingerprint density at radius 1 is 1.55 bits per heavy atom. The number of nitrogens with zero attached hydrogens (tertiary/aromatic N) is 2. The molecule has 20 heavy (non-hydrogen) atoms. The standard InChI is InChI=1S/C14H19N3O3/c1-15-13(18)7-10-4-6-17(9-10)14(19)12-8-11(20-2)3-5-16-12/h3,5,8,10H,4,6-7,9H2,1-2H3,(H,15,18). The van der Waals surface area contributed by atoms with Gasteiger partial charge in [0, 0.05) is 38.8 Å². The third-order valence-corrected chi connectivity index (χ3v) is 3.51. The Balaban J connectivity index is 1.98. The summed E-state index contributed by atoms with van der Waals surface area (Å²) in [5.74, 6) is 0.751. The molecule has 108 valence electrons. The fourth-order valence-corrected chi connectivity index (χ4v) is 2.37. The van der Waals surface area contributed by atoms with E-state index < -0.39 is 0 Å². The number of ether oxygens (including phenoxy) is 1. The van der Waals surface area contributed by atoms with Crippen LogP contribution < -0.4 is 10.1 Å². The summed E-state index contributed by atoms with van der Waals surface area (Å²) in [6.45, 7) is 1.27. The molecule has 1 aliphatic heterocycles. The molecule has 6 nitrogen and oxygen atoms in total. The van der Waals surface area contributed by atoms with Crippen molar-refractivity contribution in [3.8, 4) is 5.75 Å². The second kappa shape index (κ2) is 6.36. The quantitative estimate of drug-likeness (QED) is 0.879. The summed E-state index contributed by atoms with van der Waals surface area (Å²) >= 11 is 0. The van der Waals surface area contributed by atoms with Crippen molar-refractivity contribution >= 4 is 11.8 Å². The van der Waals surface area contributed by atoms with Crippen LogP contribution in [0.15, 0.2) is 18.3 Å². The first kappa shape index (κ1) is 14.3. The lowest BCUT2D eigenvalue weighted by atomic mass is 10.0. The first-order valence-electron chi connectivity index (χ1n) is 6.64. The molecule has 0 bridgehead atoms. The van der Waals surface area contributed by atoms with Gasteiger partial charge in [-0.2, -0.15) is 0 Å². The molecule has 1 saturated heterocycles. The molecule has 2 amide bonds. The van der Waals surface area contributed by atoms with Gasteiger partial charge in [0.1, 0.15) is 11.4 Å². The Labute approximate surface area is 118 Å². The highest BCUT2D eigenvalue weighted by molar-refractivity contribution is 5.92. The van der Waals surface area contributed by atoms with E-state index in [1.807, 2.05) is 0 Å². The summed E-state index contributed by atoms with van der Waals surface area (Å²) < 4.78 is 5.09. The van der Waals surface area contributed by atoms with E-state index in [1.54, 1.807) is 37.4 Å². The van der Waals surface area contributed by atoms with Crippen LogP contribution in [0.5, 0.6) is 5.75 Å². The van der Waals surface area contributed by atoms with E-state index >= 15 is 0 Å². The van der Waals surface area contributed by atoms with Gasteiger partial charge in [-0.3, -0.25) is 14.6 Å². The normalized spacial score (nSPS) is 17.9. The number of rotatable bonds is 4. The molecule has 1 aromatic rings. The minimum Gasteiger partial charge on any atom is -0.497 e.